The molecule has 0 aliphatic rings. The molecular formula is C11H14BrF. The second-order valence-corrected chi connectivity index (χ2v) is 4.91. The minimum atomic E-state index is -0.157. The monoisotopic (exact) mass is 244 g/mol. The molecular weight excluding hydrogens is 231 g/mol. The predicted octanol–water partition coefficient (Wildman–Crippen LogP) is 4.02. The normalized spacial score (nSPS) is 15.5. The fourth-order valence-electron chi connectivity index (χ4n) is 1.40. The molecule has 0 saturated heterocycles. The number of hydrogen-bond acceptors (Lipinski definition) is 0. The summed E-state index contributed by atoms with van der Waals surface area (Å²) < 4.78 is 12.8. The fraction of sp³-hybridized carbons (Fsp3) is 0.455. The Hall–Kier alpha value is -0.370. The van der Waals surface area contributed by atoms with E-state index in [1.54, 1.807) is 6.07 Å². The van der Waals surface area contributed by atoms with Crippen molar-refractivity contribution in [2.45, 2.75) is 31.5 Å². The first-order chi connectivity index (χ1) is 6.02. The van der Waals surface area contributed by atoms with Crippen LogP contribution in [0.25, 0.3) is 0 Å². The van der Waals surface area contributed by atoms with E-state index in [4.69, 9.17) is 0 Å². The maximum atomic E-state index is 12.8. The maximum Gasteiger partial charge on any atom is 0.123 e. The summed E-state index contributed by atoms with van der Waals surface area (Å²) in [5, 5.41) is 0. The molecule has 0 N–H and O–H groups in total. The summed E-state index contributed by atoms with van der Waals surface area (Å²) in [6.07, 6.45) is 0. The van der Waals surface area contributed by atoms with Gasteiger partial charge in [0.05, 0.1) is 0 Å². The summed E-state index contributed by atoms with van der Waals surface area (Å²) in [6, 6.07) is 4.97. The van der Waals surface area contributed by atoms with Crippen molar-refractivity contribution in [1.29, 1.82) is 0 Å². The van der Waals surface area contributed by atoms with Crippen molar-refractivity contribution in [2.75, 3.05) is 0 Å². The lowest BCUT2D eigenvalue weighted by atomic mass is 9.94. The van der Waals surface area contributed by atoms with E-state index in [1.807, 2.05) is 13.0 Å². The number of alkyl halides is 1. The third-order valence-electron chi connectivity index (χ3n) is 2.41. The summed E-state index contributed by atoms with van der Waals surface area (Å²) in [6.45, 7) is 6.19. The van der Waals surface area contributed by atoms with Gasteiger partial charge >= 0.3 is 0 Å². The van der Waals surface area contributed by atoms with Gasteiger partial charge in [0.2, 0.25) is 0 Å². The van der Waals surface area contributed by atoms with Crippen LogP contribution in [0.2, 0.25) is 0 Å². The van der Waals surface area contributed by atoms with Crippen molar-refractivity contribution in [2.24, 2.45) is 0 Å². The second kappa shape index (κ2) is 4.23. The van der Waals surface area contributed by atoms with E-state index in [0.29, 0.717) is 10.7 Å². The van der Waals surface area contributed by atoms with Gasteiger partial charge in [-0.2, -0.15) is 0 Å². The Kier molecular flexibility index (Phi) is 3.48. The number of hydrogen-bond donors (Lipinski definition) is 0. The van der Waals surface area contributed by atoms with E-state index in [-0.39, 0.29) is 5.82 Å². The molecule has 0 nitrogen and oxygen atoms in total. The Morgan fingerprint density at radius 2 is 1.92 bits per heavy atom. The van der Waals surface area contributed by atoms with Crippen molar-refractivity contribution in [3.8, 4) is 0 Å². The molecule has 2 heteroatoms. The number of benzene rings is 1. The Bertz CT molecular complexity index is 294. The summed E-state index contributed by atoms with van der Waals surface area (Å²) in [7, 11) is 0. The highest BCUT2D eigenvalue weighted by atomic mass is 79.9. The SMILES string of the molecule is Cc1cc(F)ccc1C(C)C(C)Br. The average molecular weight is 245 g/mol. The van der Waals surface area contributed by atoms with Crippen molar-refractivity contribution < 1.29 is 4.39 Å². The Morgan fingerprint density at radius 3 is 2.38 bits per heavy atom. The quantitative estimate of drug-likeness (QED) is 0.690. The molecule has 0 aliphatic carbocycles. The number of aryl methyl sites for hydroxylation is 1. The fourth-order valence-corrected chi connectivity index (χ4v) is 1.68. The van der Waals surface area contributed by atoms with Gasteiger partial charge in [-0.05, 0) is 36.1 Å². The average Bonchev–Trinajstić information content (AvgIpc) is 2.03. The van der Waals surface area contributed by atoms with E-state index in [9.17, 15) is 4.39 Å². The van der Waals surface area contributed by atoms with Crippen molar-refractivity contribution in [3.63, 3.8) is 0 Å². The van der Waals surface area contributed by atoms with Crippen LogP contribution in [0.15, 0.2) is 18.2 Å². The molecule has 0 saturated carbocycles. The molecule has 1 rings (SSSR count). The highest BCUT2D eigenvalue weighted by molar-refractivity contribution is 9.09. The van der Waals surface area contributed by atoms with E-state index < -0.39 is 0 Å². The van der Waals surface area contributed by atoms with Gasteiger partial charge in [0.1, 0.15) is 5.82 Å². The lowest BCUT2D eigenvalue weighted by Crippen LogP contribution is -2.06. The van der Waals surface area contributed by atoms with Crippen LogP contribution in [0.1, 0.15) is 30.9 Å². The van der Waals surface area contributed by atoms with Crippen LogP contribution in [-0.2, 0) is 0 Å². The minimum Gasteiger partial charge on any atom is -0.207 e. The number of rotatable bonds is 2. The smallest absolute Gasteiger partial charge is 0.123 e. The van der Waals surface area contributed by atoms with Gasteiger partial charge in [-0.15, -0.1) is 0 Å². The summed E-state index contributed by atoms with van der Waals surface area (Å²) in [5.41, 5.74) is 2.24. The van der Waals surface area contributed by atoms with Gasteiger partial charge in [-0.25, -0.2) is 4.39 Å². The molecule has 0 heterocycles. The Balaban J connectivity index is 3.01. The zero-order valence-electron chi connectivity index (χ0n) is 8.14. The highest BCUT2D eigenvalue weighted by Crippen LogP contribution is 2.26. The molecule has 0 aromatic heterocycles. The van der Waals surface area contributed by atoms with Gasteiger partial charge in [0.25, 0.3) is 0 Å². The topological polar surface area (TPSA) is 0 Å². The molecule has 2 unspecified atom stereocenters. The molecule has 0 bridgehead atoms. The lowest BCUT2D eigenvalue weighted by Gasteiger charge is -2.16. The van der Waals surface area contributed by atoms with Gasteiger partial charge in [-0.3, -0.25) is 0 Å². The van der Waals surface area contributed by atoms with Gasteiger partial charge in [-0.1, -0.05) is 35.8 Å². The van der Waals surface area contributed by atoms with Crippen LogP contribution >= 0.6 is 15.9 Å². The van der Waals surface area contributed by atoms with Crippen molar-refractivity contribution >= 4 is 15.9 Å². The highest BCUT2D eigenvalue weighted by Gasteiger charge is 2.13. The van der Waals surface area contributed by atoms with Gasteiger partial charge < -0.3 is 0 Å². The standard InChI is InChI=1S/C11H14BrF/c1-7-6-10(13)4-5-11(7)8(2)9(3)12/h4-6,8-9H,1-3H3. The summed E-state index contributed by atoms with van der Waals surface area (Å²) in [4.78, 5) is 0.414. The predicted molar refractivity (Wildman–Crippen MR) is 57.9 cm³/mol. The lowest BCUT2D eigenvalue weighted by molar-refractivity contribution is 0.623. The van der Waals surface area contributed by atoms with Gasteiger partial charge in [0.15, 0.2) is 0 Å². The van der Waals surface area contributed by atoms with Gasteiger partial charge in [0, 0.05) is 4.83 Å². The van der Waals surface area contributed by atoms with E-state index in [2.05, 4.69) is 29.8 Å². The molecule has 0 fully saturated rings. The van der Waals surface area contributed by atoms with Crippen LogP contribution in [0.4, 0.5) is 4.39 Å². The Labute approximate surface area is 87.3 Å². The van der Waals surface area contributed by atoms with Crippen LogP contribution in [0, 0.1) is 12.7 Å². The van der Waals surface area contributed by atoms with E-state index in [1.165, 1.54) is 11.6 Å². The Morgan fingerprint density at radius 1 is 1.31 bits per heavy atom. The van der Waals surface area contributed by atoms with Crippen LogP contribution < -0.4 is 0 Å². The maximum absolute atomic E-state index is 12.8. The summed E-state index contributed by atoms with van der Waals surface area (Å²) >= 11 is 3.54. The third-order valence-corrected chi connectivity index (χ3v) is 3.20. The molecule has 72 valence electrons. The van der Waals surface area contributed by atoms with Crippen molar-refractivity contribution in [3.05, 3.63) is 35.1 Å². The first-order valence-corrected chi connectivity index (χ1v) is 5.34. The molecule has 0 spiro atoms. The van der Waals surface area contributed by atoms with Crippen molar-refractivity contribution in [1.82, 2.24) is 0 Å². The molecule has 13 heavy (non-hydrogen) atoms. The molecule has 0 aliphatic heterocycles. The molecule has 0 amide bonds. The van der Waals surface area contributed by atoms with E-state index >= 15 is 0 Å². The summed E-state index contributed by atoms with van der Waals surface area (Å²) in [5.74, 6) is 0.260. The zero-order valence-corrected chi connectivity index (χ0v) is 9.73. The van der Waals surface area contributed by atoms with E-state index in [0.717, 1.165) is 5.56 Å². The minimum absolute atomic E-state index is 0.157. The first kappa shape index (κ1) is 10.7. The molecule has 2 atom stereocenters. The van der Waals surface area contributed by atoms with Crippen LogP contribution in [-0.4, -0.2) is 4.83 Å². The molecule has 0 radical (unpaired) electrons. The van der Waals surface area contributed by atoms with Crippen LogP contribution in [0.3, 0.4) is 0 Å². The number of halogens is 2. The third kappa shape index (κ3) is 2.53. The van der Waals surface area contributed by atoms with Crippen LogP contribution in [0.5, 0.6) is 0 Å². The zero-order chi connectivity index (χ0) is 10.0. The second-order valence-electron chi connectivity index (χ2n) is 3.47. The first-order valence-electron chi connectivity index (χ1n) is 4.42. The molecule has 1 aromatic rings. The molecule has 1 aromatic carbocycles. The largest absolute Gasteiger partial charge is 0.207 e.